The van der Waals surface area contributed by atoms with Crippen LogP contribution >= 0.6 is 0 Å². The van der Waals surface area contributed by atoms with E-state index in [2.05, 4.69) is 10.3 Å². The zero-order valence-corrected chi connectivity index (χ0v) is 18.3. The molecule has 0 spiro atoms. The van der Waals surface area contributed by atoms with Crippen LogP contribution in [0.2, 0.25) is 0 Å². The standard InChI is InChI=1S/C24H25N3O5/c1-24(2,3)32-22(29)16-12-27(13-16)23-26-18-11-17(5-7-20(18)31-23)25-21(28)15-4-6-19-14(10-15)8-9-30-19/h4-7,10-11,16H,8-9,12-13H2,1-3H3,(H,25,28). The molecule has 166 valence electrons. The van der Waals surface area contributed by atoms with Gasteiger partial charge in [-0.1, -0.05) is 0 Å². The van der Waals surface area contributed by atoms with Gasteiger partial charge < -0.3 is 24.1 Å². The Bertz CT molecular complexity index is 1200. The fraction of sp³-hybridized carbons (Fsp3) is 0.375. The van der Waals surface area contributed by atoms with Crippen LogP contribution in [0.25, 0.3) is 11.1 Å². The Morgan fingerprint density at radius 3 is 2.75 bits per heavy atom. The minimum atomic E-state index is -0.497. The Hall–Kier alpha value is -3.55. The molecular formula is C24H25N3O5. The molecule has 0 aliphatic carbocycles. The van der Waals surface area contributed by atoms with Crippen molar-refractivity contribution < 1.29 is 23.5 Å². The van der Waals surface area contributed by atoms with Crippen molar-refractivity contribution in [2.75, 3.05) is 29.9 Å². The molecule has 2 aromatic carbocycles. The Morgan fingerprint density at radius 2 is 1.97 bits per heavy atom. The van der Waals surface area contributed by atoms with E-state index in [4.69, 9.17) is 13.9 Å². The first-order chi connectivity index (χ1) is 15.2. The second kappa shape index (κ2) is 7.55. The van der Waals surface area contributed by atoms with Crippen LogP contribution in [0, 0.1) is 5.92 Å². The molecule has 32 heavy (non-hydrogen) atoms. The van der Waals surface area contributed by atoms with Gasteiger partial charge in [0.15, 0.2) is 5.58 Å². The highest BCUT2D eigenvalue weighted by atomic mass is 16.6. The maximum atomic E-state index is 12.7. The van der Waals surface area contributed by atoms with Gasteiger partial charge in [-0.05, 0) is 62.7 Å². The number of esters is 1. The Kier molecular flexibility index (Phi) is 4.80. The number of nitrogens with zero attached hydrogens (tertiary/aromatic N) is 2. The second-order valence-electron chi connectivity index (χ2n) is 9.19. The molecule has 5 rings (SSSR count). The Labute approximate surface area is 185 Å². The maximum absolute atomic E-state index is 12.7. The minimum Gasteiger partial charge on any atom is -0.493 e. The van der Waals surface area contributed by atoms with Crippen LogP contribution in [0.4, 0.5) is 11.7 Å². The number of rotatable bonds is 4. The van der Waals surface area contributed by atoms with Gasteiger partial charge in [-0.2, -0.15) is 4.98 Å². The van der Waals surface area contributed by atoms with Crippen molar-refractivity contribution in [1.29, 1.82) is 0 Å². The quantitative estimate of drug-likeness (QED) is 0.623. The third-order valence-electron chi connectivity index (χ3n) is 5.48. The highest BCUT2D eigenvalue weighted by Gasteiger charge is 2.38. The number of nitrogens with one attached hydrogen (secondary N) is 1. The van der Waals surface area contributed by atoms with Crippen LogP contribution in [0.1, 0.15) is 36.7 Å². The number of oxazole rings is 1. The van der Waals surface area contributed by atoms with Crippen LogP contribution in [-0.4, -0.2) is 42.2 Å². The summed E-state index contributed by atoms with van der Waals surface area (Å²) in [6.07, 6.45) is 0.815. The molecular weight excluding hydrogens is 410 g/mol. The van der Waals surface area contributed by atoms with Crippen molar-refractivity contribution in [3.63, 3.8) is 0 Å². The van der Waals surface area contributed by atoms with E-state index < -0.39 is 5.60 Å². The molecule has 2 aliphatic rings. The van der Waals surface area contributed by atoms with E-state index in [-0.39, 0.29) is 17.8 Å². The second-order valence-corrected chi connectivity index (χ2v) is 9.19. The summed E-state index contributed by atoms with van der Waals surface area (Å²) in [6.45, 7) is 7.24. The first-order valence-corrected chi connectivity index (χ1v) is 10.7. The summed E-state index contributed by atoms with van der Waals surface area (Å²) in [5, 5.41) is 2.92. The van der Waals surface area contributed by atoms with Crippen molar-refractivity contribution in [1.82, 2.24) is 4.98 Å². The van der Waals surface area contributed by atoms with Gasteiger partial charge in [-0.25, -0.2) is 0 Å². The van der Waals surface area contributed by atoms with E-state index in [1.807, 2.05) is 37.8 Å². The Balaban J connectivity index is 1.25. The van der Waals surface area contributed by atoms with Crippen molar-refractivity contribution in [3.8, 4) is 5.75 Å². The van der Waals surface area contributed by atoms with Gasteiger partial charge >= 0.3 is 5.97 Å². The van der Waals surface area contributed by atoms with Crippen LogP contribution in [-0.2, 0) is 16.0 Å². The third kappa shape index (κ3) is 4.00. The van der Waals surface area contributed by atoms with Crippen molar-refractivity contribution in [2.24, 2.45) is 5.92 Å². The first-order valence-electron chi connectivity index (χ1n) is 10.7. The molecule has 1 N–H and O–H groups in total. The molecule has 0 radical (unpaired) electrons. The number of carbonyl (C=O) groups is 2. The molecule has 0 unspecified atom stereocenters. The van der Waals surface area contributed by atoms with Crippen molar-refractivity contribution in [3.05, 3.63) is 47.5 Å². The molecule has 1 fully saturated rings. The van der Waals surface area contributed by atoms with Crippen LogP contribution in [0.5, 0.6) is 5.75 Å². The van der Waals surface area contributed by atoms with Gasteiger partial charge in [0.2, 0.25) is 0 Å². The fourth-order valence-electron chi connectivity index (χ4n) is 3.83. The van der Waals surface area contributed by atoms with Crippen molar-refractivity contribution >= 4 is 34.7 Å². The zero-order chi connectivity index (χ0) is 22.5. The summed E-state index contributed by atoms with van der Waals surface area (Å²) >= 11 is 0. The average Bonchev–Trinajstić information content (AvgIpc) is 3.30. The number of fused-ring (bicyclic) bond motifs is 2. The predicted octanol–water partition coefficient (Wildman–Crippen LogP) is 3.79. The van der Waals surface area contributed by atoms with Gasteiger partial charge in [0.1, 0.15) is 16.9 Å². The number of ether oxygens (including phenoxy) is 2. The third-order valence-corrected chi connectivity index (χ3v) is 5.48. The SMILES string of the molecule is CC(C)(C)OC(=O)C1CN(c2nc3cc(NC(=O)c4ccc5c(c4)CCO5)ccc3o2)C1. The number of aromatic nitrogens is 1. The summed E-state index contributed by atoms with van der Waals surface area (Å²) in [7, 11) is 0. The fourth-order valence-corrected chi connectivity index (χ4v) is 3.83. The number of hydrogen-bond acceptors (Lipinski definition) is 7. The molecule has 1 saturated heterocycles. The zero-order valence-electron chi connectivity index (χ0n) is 18.3. The minimum absolute atomic E-state index is 0.184. The topological polar surface area (TPSA) is 93.9 Å². The van der Waals surface area contributed by atoms with E-state index >= 15 is 0 Å². The lowest BCUT2D eigenvalue weighted by molar-refractivity contribution is -0.160. The molecule has 0 bridgehead atoms. The number of anilines is 2. The van der Waals surface area contributed by atoms with Crippen LogP contribution in [0.3, 0.4) is 0 Å². The van der Waals surface area contributed by atoms with Gasteiger partial charge in [-0.15, -0.1) is 0 Å². The van der Waals surface area contributed by atoms with E-state index in [9.17, 15) is 9.59 Å². The normalized spacial score (nSPS) is 15.8. The van der Waals surface area contributed by atoms with Crippen molar-refractivity contribution in [2.45, 2.75) is 32.8 Å². The van der Waals surface area contributed by atoms with E-state index in [1.165, 1.54) is 0 Å². The van der Waals surface area contributed by atoms with Gasteiger partial charge in [0, 0.05) is 30.8 Å². The summed E-state index contributed by atoms with van der Waals surface area (Å²) < 4.78 is 16.8. The molecule has 2 aliphatic heterocycles. The number of hydrogen-bond donors (Lipinski definition) is 1. The summed E-state index contributed by atoms with van der Waals surface area (Å²) in [5.41, 5.74) is 3.03. The highest BCUT2D eigenvalue weighted by Crippen LogP contribution is 2.31. The lowest BCUT2D eigenvalue weighted by Crippen LogP contribution is -2.52. The lowest BCUT2D eigenvalue weighted by Gasteiger charge is -2.37. The van der Waals surface area contributed by atoms with Gasteiger partial charge in [0.05, 0.1) is 12.5 Å². The maximum Gasteiger partial charge on any atom is 0.313 e. The highest BCUT2D eigenvalue weighted by molar-refractivity contribution is 6.05. The van der Waals surface area contributed by atoms with E-state index in [1.54, 1.807) is 24.3 Å². The predicted molar refractivity (Wildman–Crippen MR) is 119 cm³/mol. The molecule has 0 atom stereocenters. The molecule has 3 aromatic rings. The Morgan fingerprint density at radius 1 is 1.16 bits per heavy atom. The van der Waals surface area contributed by atoms with E-state index in [0.717, 1.165) is 17.7 Å². The van der Waals surface area contributed by atoms with Crippen LogP contribution in [0.15, 0.2) is 40.8 Å². The molecule has 3 heterocycles. The monoisotopic (exact) mass is 435 g/mol. The van der Waals surface area contributed by atoms with E-state index in [0.29, 0.717) is 48.1 Å². The van der Waals surface area contributed by atoms with Crippen LogP contribution < -0.4 is 15.0 Å². The number of carbonyl (C=O) groups excluding carboxylic acids is 2. The summed E-state index contributed by atoms with van der Waals surface area (Å²) in [4.78, 5) is 31.3. The summed E-state index contributed by atoms with van der Waals surface area (Å²) in [6, 6.07) is 11.3. The van der Waals surface area contributed by atoms with Gasteiger partial charge in [0.25, 0.3) is 11.9 Å². The average molecular weight is 435 g/mol. The molecule has 8 nitrogen and oxygen atoms in total. The lowest BCUT2D eigenvalue weighted by atomic mass is 10.0. The molecule has 1 aromatic heterocycles. The molecule has 8 heteroatoms. The van der Waals surface area contributed by atoms with Gasteiger partial charge in [-0.3, -0.25) is 9.59 Å². The smallest absolute Gasteiger partial charge is 0.313 e. The summed E-state index contributed by atoms with van der Waals surface area (Å²) in [5.74, 6) is 0.272. The number of amides is 1. The molecule has 0 saturated carbocycles. The first kappa shape index (κ1) is 20.4. The number of benzene rings is 2. The molecule has 1 amide bonds. The largest absolute Gasteiger partial charge is 0.493 e.